The summed E-state index contributed by atoms with van der Waals surface area (Å²) in [6.07, 6.45) is 0.704. The summed E-state index contributed by atoms with van der Waals surface area (Å²) in [5.41, 5.74) is 0.917. The zero-order valence-electron chi connectivity index (χ0n) is 11.3. The highest BCUT2D eigenvalue weighted by Gasteiger charge is 2.17. The molecular formula is C12H19N3O3S. The molecule has 0 aromatic carbocycles. The predicted octanol–water partition coefficient (Wildman–Crippen LogP) is 2.60. The highest BCUT2D eigenvalue weighted by molar-refractivity contribution is 7.13. The molecule has 0 saturated heterocycles. The Bertz CT molecular complexity index is 445. The second kappa shape index (κ2) is 7.08. The lowest BCUT2D eigenvalue weighted by atomic mass is 10.2. The average molecular weight is 285 g/mol. The third kappa shape index (κ3) is 4.86. The molecule has 19 heavy (non-hydrogen) atoms. The number of amides is 2. The van der Waals surface area contributed by atoms with Gasteiger partial charge in [0.25, 0.3) is 0 Å². The Hall–Kier alpha value is -1.63. The zero-order valence-corrected chi connectivity index (χ0v) is 12.2. The van der Waals surface area contributed by atoms with Crippen LogP contribution >= 0.6 is 11.3 Å². The van der Waals surface area contributed by atoms with E-state index >= 15 is 0 Å². The number of hydrogen-bond acceptors (Lipinski definition) is 4. The number of thiazole rings is 1. The Kier molecular flexibility index (Phi) is 5.75. The smallest absolute Gasteiger partial charge is 0.324 e. The lowest BCUT2D eigenvalue weighted by molar-refractivity contribution is -0.137. The van der Waals surface area contributed by atoms with E-state index in [4.69, 9.17) is 5.11 Å². The quantitative estimate of drug-likeness (QED) is 0.841. The molecular weight excluding hydrogens is 266 g/mol. The van der Waals surface area contributed by atoms with E-state index in [9.17, 15) is 9.59 Å². The molecule has 0 spiro atoms. The monoisotopic (exact) mass is 285 g/mol. The second-order valence-corrected chi connectivity index (χ2v) is 5.34. The van der Waals surface area contributed by atoms with Crippen molar-refractivity contribution in [2.24, 2.45) is 0 Å². The van der Waals surface area contributed by atoms with Gasteiger partial charge in [0.1, 0.15) is 6.54 Å². The molecule has 6 nitrogen and oxygen atoms in total. The first-order chi connectivity index (χ1) is 8.93. The van der Waals surface area contributed by atoms with E-state index in [0.29, 0.717) is 24.0 Å². The lowest BCUT2D eigenvalue weighted by Crippen LogP contribution is -2.39. The third-order valence-corrected chi connectivity index (χ3v) is 3.21. The summed E-state index contributed by atoms with van der Waals surface area (Å²) >= 11 is 1.34. The Morgan fingerprint density at radius 2 is 2.21 bits per heavy atom. The molecule has 1 heterocycles. The molecule has 0 aliphatic heterocycles. The van der Waals surface area contributed by atoms with Crippen molar-refractivity contribution in [3.8, 4) is 0 Å². The number of aromatic nitrogens is 1. The first-order valence-corrected chi connectivity index (χ1v) is 7.05. The van der Waals surface area contributed by atoms with Gasteiger partial charge in [-0.15, -0.1) is 11.3 Å². The number of nitrogens with one attached hydrogen (secondary N) is 1. The molecule has 1 aromatic heterocycles. The maximum atomic E-state index is 11.9. The van der Waals surface area contributed by atoms with Crippen LogP contribution in [-0.4, -0.2) is 40.1 Å². The van der Waals surface area contributed by atoms with E-state index in [1.807, 2.05) is 26.2 Å². The highest BCUT2D eigenvalue weighted by atomic mass is 32.1. The number of urea groups is 1. The van der Waals surface area contributed by atoms with Crippen molar-refractivity contribution in [3.05, 3.63) is 11.1 Å². The topological polar surface area (TPSA) is 82.5 Å². The third-order valence-electron chi connectivity index (χ3n) is 2.43. The summed E-state index contributed by atoms with van der Waals surface area (Å²) in [7, 11) is 0. The van der Waals surface area contributed by atoms with Crippen molar-refractivity contribution in [1.82, 2.24) is 9.88 Å². The van der Waals surface area contributed by atoms with Gasteiger partial charge >= 0.3 is 12.0 Å². The molecule has 1 rings (SSSR count). The van der Waals surface area contributed by atoms with Crippen LogP contribution in [0.4, 0.5) is 9.93 Å². The normalized spacial score (nSPS) is 10.5. The Balaban J connectivity index is 2.66. The molecule has 0 fully saturated rings. The Morgan fingerprint density at radius 3 is 2.68 bits per heavy atom. The standard InChI is InChI=1S/C12H19N3O3S/c1-4-5-15(6-10(16)17)12(18)14-11-13-9(7-19-11)8(2)3/h7-8H,4-6H2,1-3H3,(H,16,17)(H,13,14,18). The molecule has 2 amide bonds. The SMILES string of the molecule is CCCN(CC(=O)O)C(=O)Nc1nc(C(C)C)cs1. The van der Waals surface area contributed by atoms with Gasteiger partial charge in [0.2, 0.25) is 0 Å². The van der Waals surface area contributed by atoms with Gasteiger partial charge in [0, 0.05) is 11.9 Å². The van der Waals surface area contributed by atoms with Crippen LogP contribution in [0.1, 0.15) is 38.8 Å². The summed E-state index contributed by atoms with van der Waals surface area (Å²) in [5, 5.41) is 13.8. The molecule has 0 bridgehead atoms. The molecule has 0 aliphatic rings. The highest BCUT2D eigenvalue weighted by Crippen LogP contribution is 2.21. The summed E-state index contributed by atoms with van der Waals surface area (Å²) in [6, 6.07) is -0.422. The fourth-order valence-corrected chi connectivity index (χ4v) is 2.33. The van der Waals surface area contributed by atoms with Gasteiger partial charge in [-0.2, -0.15) is 0 Å². The van der Waals surface area contributed by atoms with E-state index in [1.165, 1.54) is 16.2 Å². The zero-order chi connectivity index (χ0) is 14.4. The first-order valence-electron chi connectivity index (χ1n) is 6.17. The number of carboxylic acids is 1. The molecule has 1 aromatic rings. The van der Waals surface area contributed by atoms with Crippen molar-refractivity contribution >= 4 is 28.5 Å². The molecule has 0 unspecified atom stereocenters. The number of anilines is 1. The number of aliphatic carboxylic acids is 1. The summed E-state index contributed by atoms with van der Waals surface area (Å²) in [6.45, 7) is 6.04. The van der Waals surface area contributed by atoms with Crippen LogP contribution in [-0.2, 0) is 4.79 Å². The summed E-state index contributed by atoms with van der Waals surface area (Å²) in [5.74, 6) is -0.724. The fourth-order valence-electron chi connectivity index (χ4n) is 1.46. The summed E-state index contributed by atoms with van der Waals surface area (Å²) < 4.78 is 0. The number of carboxylic acid groups (broad SMARTS) is 1. The van der Waals surface area contributed by atoms with Crippen LogP contribution in [0.3, 0.4) is 0 Å². The maximum Gasteiger partial charge on any atom is 0.324 e. The number of carbonyl (C=O) groups excluding carboxylic acids is 1. The van der Waals surface area contributed by atoms with Gasteiger partial charge in [0.15, 0.2) is 5.13 Å². The summed E-state index contributed by atoms with van der Waals surface area (Å²) in [4.78, 5) is 28.2. The molecule has 0 atom stereocenters. The molecule has 0 aliphatic carbocycles. The second-order valence-electron chi connectivity index (χ2n) is 4.48. The minimum atomic E-state index is -1.02. The van der Waals surface area contributed by atoms with Crippen LogP contribution in [0, 0.1) is 0 Å². The van der Waals surface area contributed by atoms with Gasteiger partial charge in [-0.05, 0) is 12.3 Å². The van der Waals surface area contributed by atoms with E-state index in [0.717, 1.165) is 5.69 Å². The molecule has 2 N–H and O–H groups in total. The number of nitrogens with zero attached hydrogens (tertiary/aromatic N) is 2. The van der Waals surface area contributed by atoms with E-state index in [1.54, 1.807) is 0 Å². The maximum absolute atomic E-state index is 11.9. The van der Waals surface area contributed by atoms with E-state index < -0.39 is 12.0 Å². The van der Waals surface area contributed by atoms with Gasteiger partial charge in [0.05, 0.1) is 5.69 Å². The van der Waals surface area contributed by atoms with E-state index in [2.05, 4.69) is 10.3 Å². The minimum Gasteiger partial charge on any atom is -0.480 e. The van der Waals surface area contributed by atoms with Crippen molar-refractivity contribution in [2.45, 2.75) is 33.1 Å². The van der Waals surface area contributed by atoms with Crippen molar-refractivity contribution < 1.29 is 14.7 Å². The van der Waals surface area contributed by atoms with Crippen LogP contribution in [0.5, 0.6) is 0 Å². The largest absolute Gasteiger partial charge is 0.480 e. The van der Waals surface area contributed by atoms with Gasteiger partial charge in [-0.25, -0.2) is 9.78 Å². The predicted molar refractivity (Wildman–Crippen MR) is 74.7 cm³/mol. The number of rotatable bonds is 6. The van der Waals surface area contributed by atoms with Crippen molar-refractivity contribution in [2.75, 3.05) is 18.4 Å². The van der Waals surface area contributed by atoms with Crippen molar-refractivity contribution in [1.29, 1.82) is 0 Å². The van der Waals surface area contributed by atoms with Crippen LogP contribution in [0.2, 0.25) is 0 Å². The molecule has 0 radical (unpaired) electrons. The molecule has 106 valence electrons. The number of hydrogen-bond donors (Lipinski definition) is 2. The van der Waals surface area contributed by atoms with Crippen LogP contribution in [0.15, 0.2) is 5.38 Å². The Morgan fingerprint density at radius 1 is 1.53 bits per heavy atom. The molecule has 0 saturated carbocycles. The molecule has 7 heteroatoms. The lowest BCUT2D eigenvalue weighted by Gasteiger charge is -2.19. The van der Waals surface area contributed by atoms with Gasteiger partial charge in [-0.3, -0.25) is 10.1 Å². The number of carbonyl (C=O) groups is 2. The van der Waals surface area contributed by atoms with Crippen molar-refractivity contribution in [3.63, 3.8) is 0 Å². The van der Waals surface area contributed by atoms with Gasteiger partial charge in [-0.1, -0.05) is 20.8 Å². The Labute approximate surface area is 116 Å². The fraction of sp³-hybridized carbons (Fsp3) is 0.583. The first kappa shape index (κ1) is 15.4. The van der Waals surface area contributed by atoms with E-state index in [-0.39, 0.29) is 6.54 Å². The van der Waals surface area contributed by atoms with Gasteiger partial charge < -0.3 is 10.0 Å². The minimum absolute atomic E-state index is 0.299. The van der Waals surface area contributed by atoms with Crippen LogP contribution in [0.25, 0.3) is 0 Å². The van der Waals surface area contributed by atoms with Crippen LogP contribution < -0.4 is 5.32 Å². The average Bonchev–Trinajstić information content (AvgIpc) is 2.76.